The zero-order valence-electron chi connectivity index (χ0n) is 13.8. The Kier molecular flexibility index (Phi) is 7.27. The highest BCUT2D eigenvalue weighted by molar-refractivity contribution is 7.98. The molecule has 128 valence electrons. The van der Waals surface area contributed by atoms with Crippen LogP contribution in [0.15, 0.2) is 29.6 Å². The molecule has 0 aliphatic heterocycles. The van der Waals surface area contributed by atoms with Crippen molar-refractivity contribution in [3.63, 3.8) is 0 Å². The number of anilines is 1. The molecule has 1 heterocycles. The Bertz CT molecular complexity index is 683. The predicted molar refractivity (Wildman–Crippen MR) is 102 cm³/mol. The monoisotopic (exact) mass is 363 g/mol. The summed E-state index contributed by atoms with van der Waals surface area (Å²) in [5, 5.41) is 8.19. The molecule has 0 saturated carbocycles. The highest BCUT2D eigenvalue weighted by atomic mass is 32.2. The highest BCUT2D eigenvalue weighted by Crippen LogP contribution is 2.25. The molecule has 2 aromatic rings. The van der Waals surface area contributed by atoms with Crippen molar-refractivity contribution in [3.05, 3.63) is 35.2 Å². The lowest BCUT2D eigenvalue weighted by molar-refractivity contribution is -0.119. The molecule has 0 aliphatic carbocycles. The average Bonchev–Trinajstić information content (AvgIpc) is 3.01. The van der Waals surface area contributed by atoms with Gasteiger partial charge in [0.15, 0.2) is 5.13 Å². The molecule has 0 unspecified atom stereocenters. The molecule has 0 spiro atoms. The minimum atomic E-state index is -0.0128. The Balaban J connectivity index is 1.92. The van der Waals surface area contributed by atoms with Crippen LogP contribution in [0, 0.1) is 0 Å². The summed E-state index contributed by atoms with van der Waals surface area (Å²) in [6.07, 6.45) is 3.28. The van der Waals surface area contributed by atoms with Crippen molar-refractivity contribution in [2.75, 3.05) is 23.9 Å². The van der Waals surface area contributed by atoms with Crippen molar-refractivity contribution >= 4 is 40.0 Å². The van der Waals surface area contributed by atoms with Crippen LogP contribution in [-0.2, 0) is 16.0 Å². The second-order valence-corrected chi connectivity index (χ2v) is 7.10. The van der Waals surface area contributed by atoms with Crippen LogP contribution in [0.1, 0.15) is 18.9 Å². The Labute approximate surface area is 150 Å². The van der Waals surface area contributed by atoms with E-state index in [-0.39, 0.29) is 11.8 Å². The fourth-order valence-corrected chi connectivity index (χ4v) is 3.19. The second kappa shape index (κ2) is 9.44. The van der Waals surface area contributed by atoms with Gasteiger partial charge in [0.25, 0.3) is 0 Å². The van der Waals surface area contributed by atoms with E-state index in [1.807, 2.05) is 35.9 Å². The Hall–Kier alpha value is -1.86. The van der Waals surface area contributed by atoms with E-state index < -0.39 is 0 Å². The first-order valence-corrected chi connectivity index (χ1v) is 9.94. The van der Waals surface area contributed by atoms with Crippen molar-refractivity contribution in [1.82, 2.24) is 10.3 Å². The van der Waals surface area contributed by atoms with Gasteiger partial charge in [0, 0.05) is 36.6 Å². The molecule has 0 radical (unpaired) electrons. The lowest BCUT2D eigenvalue weighted by Crippen LogP contribution is -2.22. The first kappa shape index (κ1) is 18.5. The van der Waals surface area contributed by atoms with Gasteiger partial charge in [0.05, 0.1) is 5.69 Å². The summed E-state index contributed by atoms with van der Waals surface area (Å²) in [4.78, 5) is 27.0. The predicted octanol–water partition coefficient (Wildman–Crippen LogP) is 3.18. The Morgan fingerprint density at radius 2 is 2.00 bits per heavy atom. The summed E-state index contributed by atoms with van der Waals surface area (Å²) in [7, 11) is 0. The van der Waals surface area contributed by atoms with E-state index in [1.54, 1.807) is 11.8 Å². The van der Waals surface area contributed by atoms with E-state index in [1.165, 1.54) is 18.3 Å². The Morgan fingerprint density at radius 3 is 2.67 bits per heavy atom. The number of aromatic nitrogens is 1. The normalized spacial score (nSPS) is 10.4. The van der Waals surface area contributed by atoms with Crippen LogP contribution < -0.4 is 10.6 Å². The van der Waals surface area contributed by atoms with Crippen LogP contribution in [0.2, 0.25) is 0 Å². The first-order valence-electron chi connectivity index (χ1n) is 7.66. The maximum Gasteiger partial charge on any atom is 0.226 e. The number of hydrogen-bond donors (Lipinski definition) is 2. The summed E-state index contributed by atoms with van der Waals surface area (Å²) >= 11 is 3.08. The molecule has 2 rings (SSSR count). The number of nitrogens with one attached hydrogen (secondary N) is 2. The number of carbonyl (C=O) groups excluding carboxylic acids is 2. The molecule has 24 heavy (non-hydrogen) atoms. The summed E-state index contributed by atoms with van der Waals surface area (Å²) in [5.74, 6) is 0.795. The number of rotatable bonds is 8. The number of thioether (sulfide) groups is 1. The van der Waals surface area contributed by atoms with Gasteiger partial charge in [-0.15, -0.1) is 11.3 Å². The fourth-order valence-electron chi connectivity index (χ4n) is 2.07. The zero-order valence-corrected chi connectivity index (χ0v) is 15.4. The van der Waals surface area contributed by atoms with E-state index in [2.05, 4.69) is 15.6 Å². The van der Waals surface area contributed by atoms with E-state index in [0.29, 0.717) is 18.1 Å². The summed E-state index contributed by atoms with van der Waals surface area (Å²) in [5.41, 5.74) is 3.03. The minimum Gasteiger partial charge on any atom is -0.356 e. The maximum atomic E-state index is 11.7. The van der Waals surface area contributed by atoms with E-state index >= 15 is 0 Å². The van der Waals surface area contributed by atoms with Crippen LogP contribution in [0.5, 0.6) is 0 Å². The minimum absolute atomic E-state index is 0.00132. The van der Waals surface area contributed by atoms with Gasteiger partial charge in [-0.05, 0) is 18.2 Å². The third kappa shape index (κ3) is 5.98. The maximum absolute atomic E-state index is 11.7. The second-order valence-electron chi connectivity index (χ2n) is 5.26. The smallest absolute Gasteiger partial charge is 0.226 e. The molecule has 1 aromatic carbocycles. The molecule has 2 N–H and O–H groups in total. The topological polar surface area (TPSA) is 71.1 Å². The number of nitrogens with zero attached hydrogens (tertiary/aromatic N) is 1. The molecule has 5 nitrogen and oxygen atoms in total. The zero-order chi connectivity index (χ0) is 17.4. The molecular formula is C17H21N3O2S2. The fraction of sp³-hybridized carbons (Fsp3) is 0.353. The summed E-state index contributed by atoms with van der Waals surface area (Å²) in [6, 6.07) is 8.09. The van der Waals surface area contributed by atoms with Crippen molar-refractivity contribution < 1.29 is 9.59 Å². The average molecular weight is 364 g/mol. The summed E-state index contributed by atoms with van der Waals surface area (Å²) < 4.78 is 0. The number of amides is 2. The van der Waals surface area contributed by atoms with Gasteiger partial charge in [-0.1, -0.05) is 24.3 Å². The Morgan fingerprint density at radius 1 is 1.25 bits per heavy atom. The third-order valence-electron chi connectivity index (χ3n) is 3.32. The van der Waals surface area contributed by atoms with Gasteiger partial charge < -0.3 is 10.6 Å². The molecule has 0 atom stereocenters. The highest BCUT2D eigenvalue weighted by Gasteiger charge is 2.08. The third-order valence-corrected chi connectivity index (χ3v) is 4.69. The van der Waals surface area contributed by atoms with E-state index in [0.717, 1.165) is 29.0 Å². The molecule has 0 saturated heterocycles. The molecule has 0 fully saturated rings. The van der Waals surface area contributed by atoms with E-state index in [9.17, 15) is 9.59 Å². The molecule has 2 amide bonds. The molecule has 0 bridgehead atoms. The largest absolute Gasteiger partial charge is 0.356 e. The van der Waals surface area contributed by atoms with Crippen LogP contribution in [-0.4, -0.2) is 35.4 Å². The van der Waals surface area contributed by atoms with Gasteiger partial charge in [0.2, 0.25) is 11.8 Å². The lowest BCUT2D eigenvalue weighted by atomic mass is 10.1. The summed E-state index contributed by atoms with van der Waals surface area (Å²) in [6.45, 7) is 2.15. The van der Waals surface area contributed by atoms with Gasteiger partial charge in [0.1, 0.15) is 0 Å². The number of hydrogen-bond acceptors (Lipinski definition) is 5. The number of benzene rings is 1. The van der Waals surface area contributed by atoms with Gasteiger partial charge in [-0.25, -0.2) is 4.98 Å². The molecule has 0 aliphatic rings. The van der Waals surface area contributed by atoms with Crippen molar-refractivity contribution in [2.24, 2.45) is 0 Å². The van der Waals surface area contributed by atoms with Crippen LogP contribution >= 0.6 is 23.1 Å². The van der Waals surface area contributed by atoms with Crippen molar-refractivity contribution in [3.8, 4) is 11.3 Å². The number of thiazole rings is 1. The first-order chi connectivity index (χ1) is 11.6. The molecule has 7 heteroatoms. The van der Waals surface area contributed by atoms with Gasteiger partial charge in [-0.3, -0.25) is 9.59 Å². The van der Waals surface area contributed by atoms with Crippen molar-refractivity contribution in [2.45, 2.75) is 19.8 Å². The van der Waals surface area contributed by atoms with Gasteiger partial charge in [-0.2, -0.15) is 11.8 Å². The SMILES string of the molecule is CSCCC(=O)Nc1nc(-c2ccc(CCNC(C)=O)cc2)cs1. The van der Waals surface area contributed by atoms with Crippen molar-refractivity contribution in [1.29, 1.82) is 0 Å². The van der Waals surface area contributed by atoms with Gasteiger partial charge >= 0.3 is 0 Å². The van der Waals surface area contributed by atoms with Crippen LogP contribution in [0.4, 0.5) is 5.13 Å². The lowest BCUT2D eigenvalue weighted by Gasteiger charge is -2.04. The molecular weight excluding hydrogens is 342 g/mol. The quantitative estimate of drug-likeness (QED) is 0.756. The van der Waals surface area contributed by atoms with Crippen LogP contribution in [0.3, 0.4) is 0 Å². The molecule has 1 aromatic heterocycles. The van der Waals surface area contributed by atoms with E-state index in [4.69, 9.17) is 0 Å². The van der Waals surface area contributed by atoms with Crippen LogP contribution in [0.25, 0.3) is 11.3 Å². The number of carbonyl (C=O) groups is 2. The standard InChI is InChI=1S/C17H21N3O2S2/c1-12(21)18-9-7-13-3-5-14(6-4-13)15-11-24-17(19-15)20-16(22)8-10-23-2/h3-6,11H,7-10H2,1-2H3,(H,18,21)(H,19,20,22).